The minimum atomic E-state index is -0.291. The topological polar surface area (TPSA) is 85.4 Å². The van der Waals surface area contributed by atoms with Gasteiger partial charge in [-0.1, -0.05) is 6.42 Å². The monoisotopic (exact) mass is 374 g/mol. The molecule has 0 aliphatic carbocycles. The molecule has 1 saturated heterocycles. The van der Waals surface area contributed by atoms with Gasteiger partial charge in [0.2, 0.25) is 11.9 Å². The first kappa shape index (κ1) is 18.0. The highest BCUT2D eigenvalue weighted by atomic mass is 16.2. The van der Waals surface area contributed by atoms with Gasteiger partial charge in [-0.2, -0.15) is 4.98 Å². The highest BCUT2D eigenvalue weighted by Gasteiger charge is 2.29. The van der Waals surface area contributed by atoms with Crippen LogP contribution in [0.4, 0.5) is 5.95 Å². The lowest BCUT2D eigenvalue weighted by molar-refractivity contribution is -0.119. The molecule has 27 heavy (non-hydrogen) atoms. The van der Waals surface area contributed by atoms with Crippen LogP contribution in [0.15, 0.2) is 9.59 Å². The molecule has 2 aromatic heterocycles. The molecule has 1 amide bonds. The van der Waals surface area contributed by atoms with E-state index in [9.17, 15) is 14.4 Å². The number of aryl methyl sites for hydroxylation is 2. The van der Waals surface area contributed by atoms with Crippen molar-refractivity contribution in [2.75, 3.05) is 31.1 Å². The van der Waals surface area contributed by atoms with Gasteiger partial charge in [0.15, 0.2) is 11.2 Å². The number of carbonyl (C=O) groups excluding carboxylic acids is 1. The van der Waals surface area contributed by atoms with Crippen molar-refractivity contribution in [1.82, 2.24) is 23.6 Å². The van der Waals surface area contributed by atoms with Crippen molar-refractivity contribution in [2.24, 2.45) is 14.1 Å². The summed E-state index contributed by atoms with van der Waals surface area (Å²) in [6, 6.07) is 0. The molecule has 0 radical (unpaired) electrons. The van der Waals surface area contributed by atoms with Gasteiger partial charge < -0.3 is 4.90 Å². The zero-order valence-corrected chi connectivity index (χ0v) is 16.0. The first-order chi connectivity index (χ1) is 13.0. The van der Waals surface area contributed by atoms with Crippen LogP contribution in [0.1, 0.15) is 32.1 Å². The van der Waals surface area contributed by atoms with E-state index in [0.717, 1.165) is 26.1 Å². The molecule has 2 aromatic rings. The highest BCUT2D eigenvalue weighted by Crippen LogP contribution is 2.20. The number of anilines is 1. The average Bonchev–Trinajstić information content (AvgIpc) is 2.89. The Bertz CT molecular complexity index is 995. The Morgan fingerprint density at radius 1 is 0.926 bits per heavy atom. The number of imidazole rings is 1. The summed E-state index contributed by atoms with van der Waals surface area (Å²) in [6.07, 6.45) is 4.90. The van der Waals surface area contributed by atoms with E-state index < -0.39 is 0 Å². The second-order valence-corrected chi connectivity index (χ2v) is 7.49. The lowest BCUT2D eigenvalue weighted by Gasteiger charge is -2.31. The molecular formula is C18H26N6O3. The van der Waals surface area contributed by atoms with Crippen LogP contribution in [-0.2, 0) is 25.4 Å². The molecule has 2 aliphatic rings. The molecule has 4 heterocycles. The molecule has 0 spiro atoms. The zero-order chi connectivity index (χ0) is 19.1. The number of hydrogen-bond donors (Lipinski definition) is 0. The van der Waals surface area contributed by atoms with Crippen LogP contribution in [0, 0.1) is 0 Å². The van der Waals surface area contributed by atoms with Crippen molar-refractivity contribution in [1.29, 1.82) is 0 Å². The van der Waals surface area contributed by atoms with E-state index in [1.54, 1.807) is 19.0 Å². The van der Waals surface area contributed by atoms with E-state index in [2.05, 4.69) is 9.88 Å². The quantitative estimate of drug-likeness (QED) is 0.755. The maximum atomic E-state index is 12.9. The Balaban J connectivity index is 1.65. The molecule has 146 valence electrons. The normalized spacial score (nSPS) is 18.3. The van der Waals surface area contributed by atoms with E-state index in [-0.39, 0.29) is 29.1 Å². The lowest BCUT2D eigenvalue weighted by Crippen LogP contribution is -2.44. The number of piperidine rings is 1. The van der Waals surface area contributed by atoms with Gasteiger partial charge in [0.1, 0.15) is 0 Å². The van der Waals surface area contributed by atoms with Gasteiger partial charge in [-0.15, -0.1) is 0 Å². The van der Waals surface area contributed by atoms with Crippen LogP contribution in [0.25, 0.3) is 11.2 Å². The van der Waals surface area contributed by atoms with Gasteiger partial charge in [-0.3, -0.25) is 28.2 Å². The van der Waals surface area contributed by atoms with Crippen LogP contribution in [-0.4, -0.2) is 55.7 Å². The summed E-state index contributed by atoms with van der Waals surface area (Å²) in [5.74, 6) is 0.351. The van der Waals surface area contributed by atoms with Crippen LogP contribution < -0.4 is 16.1 Å². The molecule has 0 atom stereocenters. The van der Waals surface area contributed by atoms with Crippen LogP contribution in [0.2, 0.25) is 0 Å². The summed E-state index contributed by atoms with van der Waals surface area (Å²) in [6.45, 7) is 4.03. The number of hydrogen-bond acceptors (Lipinski definition) is 5. The van der Waals surface area contributed by atoms with Gasteiger partial charge in [-0.05, 0) is 38.9 Å². The Morgan fingerprint density at radius 3 is 2.41 bits per heavy atom. The Morgan fingerprint density at radius 2 is 1.67 bits per heavy atom. The Hall–Kier alpha value is -2.42. The summed E-state index contributed by atoms with van der Waals surface area (Å²) in [4.78, 5) is 46.3. The van der Waals surface area contributed by atoms with Gasteiger partial charge in [0.25, 0.3) is 5.56 Å². The van der Waals surface area contributed by atoms with Crippen molar-refractivity contribution >= 4 is 23.0 Å². The molecule has 0 unspecified atom stereocenters. The third-order valence-electron chi connectivity index (χ3n) is 5.73. The Labute approximate surface area is 156 Å². The van der Waals surface area contributed by atoms with Crippen LogP contribution >= 0.6 is 0 Å². The van der Waals surface area contributed by atoms with Crippen molar-refractivity contribution in [3.8, 4) is 0 Å². The molecule has 9 nitrogen and oxygen atoms in total. The number of fused-ring (bicyclic) bond motifs is 2. The van der Waals surface area contributed by atoms with E-state index in [4.69, 9.17) is 0 Å². The predicted octanol–water partition coefficient (Wildman–Crippen LogP) is 0.0464. The van der Waals surface area contributed by atoms with E-state index in [1.165, 1.54) is 33.0 Å². The van der Waals surface area contributed by atoms with Crippen molar-refractivity contribution in [3.05, 3.63) is 20.8 Å². The SMILES string of the molecule is Cn1c(=O)n(C)c2c(=O)n3c(nc21)N(CCCN1CCCCC1)C(=O)CC3. The summed E-state index contributed by atoms with van der Waals surface area (Å²) in [5.41, 5.74) is 0.0626. The van der Waals surface area contributed by atoms with Gasteiger partial charge in [0.05, 0.1) is 0 Å². The number of likely N-dealkylation sites (tertiary alicyclic amines) is 1. The Kier molecular flexibility index (Phi) is 4.63. The first-order valence-corrected chi connectivity index (χ1v) is 9.68. The van der Waals surface area contributed by atoms with Crippen molar-refractivity contribution in [2.45, 2.75) is 38.6 Å². The van der Waals surface area contributed by atoms with Gasteiger partial charge in [-0.25, -0.2) is 4.79 Å². The fourth-order valence-electron chi connectivity index (χ4n) is 4.18. The molecular weight excluding hydrogens is 348 g/mol. The number of nitrogens with zero attached hydrogens (tertiary/aromatic N) is 6. The highest BCUT2D eigenvalue weighted by molar-refractivity contribution is 5.93. The summed E-state index contributed by atoms with van der Waals surface area (Å²) in [7, 11) is 3.17. The molecule has 0 aromatic carbocycles. The number of carbonyl (C=O) groups is 1. The second kappa shape index (κ2) is 6.95. The molecule has 0 N–H and O–H groups in total. The van der Waals surface area contributed by atoms with Gasteiger partial charge >= 0.3 is 5.69 Å². The second-order valence-electron chi connectivity index (χ2n) is 7.49. The van der Waals surface area contributed by atoms with E-state index in [1.807, 2.05) is 0 Å². The predicted molar refractivity (Wildman–Crippen MR) is 102 cm³/mol. The van der Waals surface area contributed by atoms with Crippen molar-refractivity contribution < 1.29 is 4.79 Å². The molecule has 2 aliphatic heterocycles. The maximum absolute atomic E-state index is 12.9. The smallest absolute Gasteiger partial charge is 0.303 e. The molecule has 0 saturated carbocycles. The molecule has 4 rings (SSSR count). The largest absolute Gasteiger partial charge is 0.329 e. The standard InChI is InChI=1S/C18H26N6O3/c1-20-14-15(21(2)18(20)27)19-17-23(13(25)7-12-24(17)16(14)26)11-6-10-22-8-4-3-5-9-22/h3-12H2,1-2H3. The fraction of sp³-hybridized carbons (Fsp3) is 0.667. The summed E-state index contributed by atoms with van der Waals surface area (Å²) in [5, 5.41) is 0. The summed E-state index contributed by atoms with van der Waals surface area (Å²) >= 11 is 0. The minimum absolute atomic E-state index is 0.0131. The summed E-state index contributed by atoms with van der Waals surface area (Å²) < 4.78 is 4.22. The van der Waals surface area contributed by atoms with Gasteiger partial charge in [0, 0.05) is 33.6 Å². The fourth-order valence-corrected chi connectivity index (χ4v) is 4.18. The van der Waals surface area contributed by atoms with Crippen molar-refractivity contribution in [3.63, 3.8) is 0 Å². The number of aromatic nitrogens is 4. The molecule has 9 heteroatoms. The third-order valence-corrected chi connectivity index (χ3v) is 5.73. The minimum Gasteiger partial charge on any atom is -0.303 e. The lowest BCUT2D eigenvalue weighted by atomic mass is 10.1. The van der Waals surface area contributed by atoms with Crippen LogP contribution in [0.3, 0.4) is 0 Å². The van der Waals surface area contributed by atoms with E-state index in [0.29, 0.717) is 24.7 Å². The third kappa shape index (κ3) is 2.99. The zero-order valence-electron chi connectivity index (χ0n) is 16.0. The molecule has 1 fully saturated rings. The first-order valence-electron chi connectivity index (χ1n) is 9.68. The number of amides is 1. The average molecular weight is 374 g/mol. The number of rotatable bonds is 4. The van der Waals surface area contributed by atoms with Crippen LogP contribution in [0.5, 0.6) is 0 Å². The molecule has 0 bridgehead atoms. The maximum Gasteiger partial charge on any atom is 0.329 e. The van der Waals surface area contributed by atoms with E-state index >= 15 is 0 Å².